The number of hydrogen-bond donors (Lipinski definition) is 1. The zero-order chi connectivity index (χ0) is 23.9. The molecule has 2 aromatic rings. The van der Waals surface area contributed by atoms with Crippen molar-refractivity contribution in [3.8, 4) is 0 Å². The lowest BCUT2D eigenvalue weighted by Gasteiger charge is -2.38. The van der Waals surface area contributed by atoms with E-state index in [1.807, 2.05) is 13.1 Å². The van der Waals surface area contributed by atoms with Crippen LogP contribution in [-0.2, 0) is 15.6 Å². The second-order valence-corrected chi connectivity index (χ2v) is 10.3. The minimum Gasteiger partial charge on any atom is -0.319 e. The highest BCUT2D eigenvalue weighted by atomic mass is 35.5. The van der Waals surface area contributed by atoms with Crippen LogP contribution in [-0.4, -0.2) is 19.9 Å². The van der Waals surface area contributed by atoms with Gasteiger partial charge in [0.25, 0.3) is 0 Å². The highest BCUT2D eigenvalue weighted by Gasteiger charge is 2.34. The average molecular weight is 496 g/mol. The van der Waals surface area contributed by atoms with Crippen LogP contribution in [0.3, 0.4) is 0 Å². The minimum absolute atomic E-state index is 0.0957. The van der Waals surface area contributed by atoms with Crippen molar-refractivity contribution in [3.63, 3.8) is 0 Å². The highest BCUT2D eigenvalue weighted by Crippen LogP contribution is 2.40. The van der Waals surface area contributed by atoms with Crippen LogP contribution in [0.15, 0.2) is 36.4 Å². The number of rotatable bonds is 5. The highest BCUT2D eigenvalue weighted by molar-refractivity contribution is 6.31. The van der Waals surface area contributed by atoms with E-state index >= 15 is 0 Å². The Morgan fingerprint density at radius 3 is 1.79 bits per heavy atom. The van der Waals surface area contributed by atoms with Crippen LogP contribution in [0.2, 0.25) is 10.0 Å². The minimum atomic E-state index is -0.482. The van der Waals surface area contributed by atoms with Crippen LogP contribution >= 0.6 is 23.2 Å². The molecule has 2 saturated carbocycles. The molecule has 2 aliphatic rings. The summed E-state index contributed by atoms with van der Waals surface area (Å²) in [5.74, 6) is -0.740. The van der Waals surface area contributed by atoms with E-state index < -0.39 is 11.2 Å². The fourth-order valence-corrected chi connectivity index (χ4v) is 5.66. The number of likely N-dealkylation sites (N-methyl/N-ethyl adjacent to an activating group) is 1. The summed E-state index contributed by atoms with van der Waals surface area (Å²) in [7, 11) is 1.96. The first kappa shape index (κ1) is 26.1. The molecular weight excluding hydrogens is 463 g/mol. The van der Waals surface area contributed by atoms with Crippen LogP contribution < -0.4 is 5.32 Å². The number of benzene rings is 2. The first-order chi connectivity index (χ1) is 15.9. The lowest BCUT2D eigenvalue weighted by molar-refractivity contribution is -0.113. The molecule has 0 aliphatic heterocycles. The van der Waals surface area contributed by atoms with Crippen LogP contribution in [0, 0.1) is 11.6 Å². The van der Waals surface area contributed by atoms with E-state index in [-0.39, 0.29) is 21.3 Å². The Bertz CT molecular complexity index is 932. The fraction of sp³-hybridized carbons (Fsp3) is 0.519. The van der Waals surface area contributed by atoms with Gasteiger partial charge in [-0.25, -0.2) is 8.78 Å². The molecule has 0 bridgehead atoms. The van der Waals surface area contributed by atoms with Crippen LogP contribution in [0.4, 0.5) is 8.78 Å². The van der Waals surface area contributed by atoms with Gasteiger partial charge in [-0.05, 0) is 68.1 Å². The molecule has 2 fully saturated rings. The van der Waals surface area contributed by atoms with Gasteiger partial charge in [0.2, 0.25) is 0 Å². The van der Waals surface area contributed by atoms with Gasteiger partial charge >= 0.3 is 0 Å². The van der Waals surface area contributed by atoms with E-state index in [0.717, 1.165) is 68.9 Å². The van der Waals surface area contributed by atoms with Gasteiger partial charge in [0.1, 0.15) is 17.9 Å². The zero-order valence-corrected chi connectivity index (χ0v) is 20.8. The van der Waals surface area contributed by atoms with Crippen molar-refractivity contribution < 1.29 is 13.6 Å². The summed E-state index contributed by atoms with van der Waals surface area (Å²) < 4.78 is 27.0. The summed E-state index contributed by atoms with van der Waals surface area (Å²) in [6.07, 6.45) is 11.9. The molecule has 6 heteroatoms. The second kappa shape index (κ2) is 11.8. The molecule has 0 saturated heterocycles. The molecule has 4 rings (SSSR count). The molecule has 0 radical (unpaired) electrons. The smallest absolute Gasteiger partial charge is 0.142 e. The maximum absolute atomic E-state index is 13.6. The third kappa shape index (κ3) is 6.15. The summed E-state index contributed by atoms with van der Waals surface area (Å²) in [5, 5.41) is 3.58. The number of halogens is 4. The summed E-state index contributed by atoms with van der Waals surface area (Å²) >= 11 is 11.4. The van der Waals surface area contributed by atoms with Gasteiger partial charge in [-0.3, -0.25) is 0 Å². The monoisotopic (exact) mass is 495 g/mol. The molecule has 0 atom stereocenters. The van der Waals surface area contributed by atoms with Gasteiger partial charge in [0.15, 0.2) is 0 Å². The van der Waals surface area contributed by atoms with Gasteiger partial charge in [0, 0.05) is 12.0 Å². The SMILES string of the molecule is CNCC1(c2ccc(Cl)c(F)c2)CCCCC1.O=CC1(c2ccc(Cl)c(F)c2)CCCCC1. The van der Waals surface area contributed by atoms with E-state index in [1.54, 1.807) is 18.2 Å². The van der Waals surface area contributed by atoms with Crippen molar-refractivity contribution in [2.24, 2.45) is 0 Å². The van der Waals surface area contributed by atoms with E-state index in [0.29, 0.717) is 0 Å². The van der Waals surface area contributed by atoms with Crippen LogP contribution in [0.25, 0.3) is 0 Å². The van der Waals surface area contributed by atoms with Crippen molar-refractivity contribution >= 4 is 29.5 Å². The summed E-state index contributed by atoms with van der Waals surface area (Å²) in [4.78, 5) is 11.3. The van der Waals surface area contributed by atoms with E-state index in [4.69, 9.17) is 23.2 Å². The van der Waals surface area contributed by atoms with Gasteiger partial charge in [-0.15, -0.1) is 0 Å². The van der Waals surface area contributed by atoms with Crippen molar-refractivity contribution in [2.45, 2.75) is 75.0 Å². The Labute approximate surface area is 206 Å². The Morgan fingerprint density at radius 1 is 0.818 bits per heavy atom. The molecule has 1 N–H and O–H groups in total. The van der Waals surface area contributed by atoms with E-state index in [1.165, 1.54) is 31.4 Å². The normalized spacial score (nSPS) is 19.3. The predicted octanol–water partition coefficient (Wildman–Crippen LogP) is 7.78. The lowest BCUT2D eigenvalue weighted by atomic mass is 9.69. The van der Waals surface area contributed by atoms with Crippen molar-refractivity contribution in [2.75, 3.05) is 13.6 Å². The largest absolute Gasteiger partial charge is 0.319 e. The van der Waals surface area contributed by atoms with E-state index in [9.17, 15) is 13.6 Å². The van der Waals surface area contributed by atoms with Gasteiger partial charge in [-0.2, -0.15) is 0 Å². The number of hydrogen-bond acceptors (Lipinski definition) is 2. The number of aldehydes is 1. The van der Waals surface area contributed by atoms with Crippen molar-refractivity contribution in [3.05, 3.63) is 69.2 Å². The molecule has 0 unspecified atom stereocenters. The molecule has 0 aromatic heterocycles. The summed E-state index contributed by atoms with van der Waals surface area (Å²) in [6, 6.07) is 9.98. The van der Waals surface area contributed by atoms with Crippen LogP contribution in [0.5, 0.6) is 0 Å². The Kier molecular flexibility index (Phi) is 9.32. The quantitative estimate of drug-likeness (QED) is 0.429. The second-order valence-electron chi connectivity index (χ2n) is 9.46. The molecular formula is C27H33Cl2F2NO. The molecule has 0 spiro atoms. The van der Waals surface area contributed by atoms with E-state index in [2.05, 4.69) is 5.32 Å². The number of carbonyl (C=O) groups is 1. The van der Waals surface area contributed by atoms with Crippen LogP contribution in [0.1, 0.15) is 75.3 Å². The van der Waals surface area contributed by atoms with Gasteiger partial charge in [-0.1, -0.05) is 73.9 Å². The predicted molar refractivity (Wildman–Crippen MR) is 132 cm³/mol. The molecule has 33 heavy (non-hydrogen) atoms. The Morgan fingerprint density at radius 2 is 1.30 bits per heavy atom. The first-order valence-corrected chi connectivity index (χ1v) is 12.6. The summed E-state index contributed by atoms with van der Waals surface area (Å²) in [6.45, 7) is 0.911. The Balaban J connectivity index is 0.000000186. The fourth-order valence-electron chi connectivity index (χ4n) is 5.42. The molecule has 0 amide bonds. The number of carbonyl (C=O) groups excluding carboxylic acids is 1. The first-order valence-electron chi connectivity index (χ1n) is 11.9. The molecule has 0 heterocycles. The molecule has 2 aromatic carbocycles. The topological polar surface area (TPSA) is 29.1 Å². The number of nitrogens with one attached hydrogen (secondary N) is 1. The zero-order valence-electron chi connectivity index (χ0n) is 19.2. The third-order valence-electron chi connectivity index (χ3n) is 7.32. The maximum atomic E-state index is 13.6. The van der Waals surface area contributed by atoms with Crippen molar-refractivity contribution in [1.82, 2.24) is 5.32 Å². The third-order valence-corrected chi connectivity index (χ3v) is 7.94. The molecule has 2 nitrogen and oxygen atoms in total. The standard InChI is InChI=1S/C14H19ClFN.C13H14ClFO/c1-17-10-14(7-3-2-4-8-14)11-5-6-12(15)13(16)9-11;14-11-5-4-10(8-12(11)15)13(9-16)6-2-1-3-7-13/h5-6,9,17H,2-4,7-8,10H2,1H3;4-5,8-9H,1-3,6-7H2. The van der Waals surface area contributed by atoms with Gasteiger partial charge in [0.05, 0.1) is 15.5 Å². The maximum Gasteiger partial charge on any atom is 0.142 e. The lowest BCUT2D eigenvalue weighted by Crippen LogP contribution is -2.38. The van der Waals surface area contributed by atoms with Gasteiger partial charge < -0.3 is 10.1 Å². The molecule has 180 valence electrons. The molecule has 2 aliphatic carbocycles. The Hall–Kier alpha value is -1.49. The average Bonchev–Trinajstić information content (AvgIpc) is 2.84. The van der Waals surface area contributed by atoms with Crippen molar-refractivity contribution in [1.29, 1.82) is 0 Å². The summed E-state index contributed by atoms with van der Waals surface area (Å²) in [5.41, 5.74) is 1.47.